The standard InChI is InChI=1S/C13H16F3N/c1-2-12(7-11(12)8-17)9-4-3-5-10(6-9)13(14,15)16/h3-6,11H,2,7-8,17H2,1H3/t11-,12?/m0/s1. The summed E-state index contributed by atoms with van der Waals surface area (Å²) in [5, 5.41) is 0. The lowest BCUT2D eigenvalue weighted by Crippen LogP contribution is -2.15. The van der Waals surface area contributed by atoms with Gasteiger partial charge in [0.25, 0.3) is 0 Å². The highest BCUT2D eigenvalue weighted by molar-refractivity contribution is 5.37. The Morgan fingerprint density at radius 2 is 2.12 bits per heavy atom. The number of hydrogen-bond acceptors (Lipinski definition) is 1. The Labute approximate surface area is 98.8 Å². The zero-order valence-corrected chi connectivity index (χ0v) is 9.72. The van der Waals surface area contributed by atoms with Gasteiger partial charge in [0, 0.05) is 0 Å². The van der Waals surface area contributed by atoms with Gasteiger partial charge in [-0.1, -0.05) is 25.1 Å². The summed E-state index contributed by atoms with van der Waals surface area (Å²) in [7, 11) is 0. The van der Waals surface area contributed by atoms with E-state index in [1.165, 1.54) is 12.1 Å². The van der Waals surface area contributed by atoms with E-state index in [-0.39, 0.29) is 5.41 Å². The molecule has 1 aliphatic carbocycles. The van der Waals surface area contributed by atoms with Crippen LogP contribution in [0.5, 0.6) is 0 Å². The van der Waals surface area contributed by atoms with E-state index in [0.717, 1.165) is 24.5 Å². The van der Waals surface area contributed by atoms with E-state index in [2.05, 4.69) is 0 Å². The lowest BCUT2D eigenvalue weighted by Gasteiger charge is -2.17. The average molecular weight is 243 g/mol. The van der Waals surface area contributed by atoms with Crippen LogP contribution in [-0.2, 0) is 11.6 Å². The Kier molecular flexibility index (Phi) is 2.94. The molecule has 1 saturated carbocycles. The first-order valence-corrected chi connectivity index (χ1v) is 5.82. The van der Waals surface area contributed by atoms with Gasteiger partial charge >= 0.3 is 6.18 Å². The molecule has 0 saturated heterocycles. The van der Waals surface area contributed by atoms with E-state index >= 15 is 0 Å². The van der Waals surface area contributed by atoms with Gasteiger partial charge in [-0.15, -0.1) is 0 Å². The van der Waals surface area contributed by atoms with Gasteiger partial charge in [0.2, 0.25) is 0 Å². The summed E-state index contributed by atoms with van der Waals surface area (Å²) in [6.07, 6.45) is -2.52. The number of nitrogens with two attached hydrogens (primary N) is 1. The topological polar surface area (TPSA) is 26.0 Å². The average Bonchev–Trinajstić information content (AvgIpc) is 3.03. The van der Waals surface area contributed by atoms with Crippen LogP contribution >= 0.6 is 0 Å². The molecule has 0 amide bonds. The molecule has 2 N–H and O–H groups in total. The van der Waals surface area contributed by atoms with Gasteiger partial charge < -0.3 is 5.73 Å². The highest BCUT2D eigenvalue weighted by Crippen LogP contribution is 2.56. The number of halogens is 3. The molecule has 0 radical (unpaired) electrons. The maximum Gasteiger partial charge on any atom is 0.416 e. The Bertz CT molecular complexity index is 413. The second-order valence-corrected chi connectivity index (χ2v) is 4.73. The van der Waals surface area contributed by atoms with Crippen molar-refractivity contribution < 1.29 is 13.2 Å². The second kappa shape index (κ2) is 4.02. The summed E-state index contributed by atoms with van der Waals surface area (Å²) in [5.74, 6) is 0.330. The van der Waals surface area contributed by atoms with Crippen molar-refractivity contribution in [3.05, 3.63) is 35.4 Å². The molecular formula is C13H16F3N. The zero-order chi connectivity index (χ0) is 12.7. The van der Waals surface area contributed by atoms with E-state index in [1.54, 1.807) is 6.07 Å². The molecule has 1 aliphatic rings. The molecule has 0 heterocycles. The van der Waals surface area contributed by atoms with Crippen molar-refractivity contribution in [2.24, 2.45) is 11.7 Å². The van der Waals surface area contributed by atoms with E-state index in [4.69, 9.17) is 5.73 Å². The van der Waals surface area contributed by atoms with Crippen molar-refractivity contribution in [3.8, 4) is 0 Å². The highest BCUT2D eigenvalue weighted by Gasteiger charge is 2.53. The molecule has 0 aliphatic heterocycles. The first-order valence-electron chi connectivity index (χ1n) is 5.82. The molecule has 0 aromatic heterocycles. The molecule has 0 bridgehead atoms. The fourth-order valence-corrected chi connectivity index (χ4v) is 2.69. The molecule has 1 aromatic carbocycles. The summed E-state index contributed by atoms with van der Waals surface area (Å²) >= 11 is 0. The van der Waals surface area contributed by atoms with E-state index in [1.807, 2.05) is 6.92 Å². The Morgan fingerprint density at radius 3 is 2.59 bits per heavy atom. The van der Waals surface area contributed by atoms with Crippen molar-refractivity contribution >= 4 is 0 Å². The van der Waals surface area contributed by atoms with Crippen molar-refractivity contribution in [2.75, 3.05) is 6.54 Å². The molecule has 1 nitrogen and oxygen atoms in total. The van der Waals surface area contributed by atoms with Crippen molar-refractivity contribution in [1.82, 2.24) is 0 Å². The minimum atomic E-state index is -4.27. The normalized spacial score (nSPS) is 28.2. The van der Waals surface area contributed by atoms with Gasteiger partial charge in [-0.2, -0.15) is 13.2 Å². The monoisotopic (exact) mass is 243 g/mol. The Balaban J connectivity index is 2.34. The van der Waals surface area contributed by atoms with Crippen LogP contribution in [0, 0.1) is 5.92 Å². The van der Waals surface area contributed by atoms with Gasteiger partial charge in [-0.3, -0.25) is 0 Å². The minimum Gasteiger partial charge on any atom is -0.330 e. The van der Waals surface area contributed by atoms with Gasteiger partial charge in [0.15, 0.2) is 0 Å². The summed E-state index contributed by atoms with van der Waals surface area (Å²) in [6.45, 7) is 2.56. The largest absolute Gasteiger partial charge is 0.416 e. The number of benzene rings is 1. The van der Waals surface area contributed by atoms with Crippen molar-refractivity contribution in [2.45, 2.75) is 31.4 Å². The number of hydrogen-bond donors (Lipinski definition) is 1. The lowest BCUT2D eigenvalue weighted by atomic mass is 9.89. The molecular weight excluding hydrogens is 227 g/mol. The quantitative estimate of drug-likeness (QED) is 0.865. The van der Waals surface area contributed by atoms with Gasteiger partial charge in [0.1, 0.15) is 0 Å². The fourth-order valence-electron chi connectivity index (χ4n) is 2.69. The molecule has 1 aromatic rings. The molecule has 1 fully saturated rings. The maximum atomic E-state index is 12.6. The first kappa shape index (κ1) is 12.4. The molecule has 1 unspecified atom stereocenters. The molecule has 2 atom stereocenters. The molecule has 4 heteroatoms. The summed E-state index contributed by atoms with van der Waals surface area (Å²) in [4.78, 5) is 0. The maximum absolute atomic E-state index is 12.6. The van der Waals surface area contributed by atoms with Crippen LogP contribution in [0.4, 0.5) is 13.2 Å². The Morgan fingerprint density at radius 1 is 1.41 bits per heavy atom. The van der Waals surface area contributed by atoms with Crippen molar-refractivity contribution in [1.29, 1.82) is 0 Å². The van der Waals surface area contributed by atoms with Crippen LogP contribution in [0.3, 0.4) is 0 Å². The van der Waals surface area contributed by atoms with Crippen LogP contribution in [0.25, 0.3) is 0 Å². The van der Waals surface area contributed by atoms with Crippen LogP contribution in [-0.4, -0.2) is 6.54 Å². The third kappa shape index (κ3) is 2.06. The molecule has 2 rings (SSSR count). The predicted molar refractivity (Wildman–Crippen MR) is 60.6 cm³/mol. The lowest BCUT2D eigenvalue weighted by molar-refractivity contribution is -0.137. The van der Waals surface area contributed by atoms with Crippen molar-refractivity contribution in [3.63, 3.8) is 0 Å². The van der Waals surface area contributed by atoms with Crippen LogP contribution in [0.1, 0.15) is 30.9 Å². The Hall–Kier alpha value is -1.03. The SMILES string of the molecule is CCC1(c2cccc(C(F)(F)F)c2)C[C@H]1CN. The second-order valence-electron chi connectivity index (χ2n) is 4.73. The van der Waals surface area contributed by atoms with Gasteiger partial charge in [-0.25, -0.2) is 0 Å². The van der Waals surface area contributed by atoms with Gasteiger partial charge in [-0.05, 0) is 42.3 Å². The smallest absolute Gasteiger partial charge is 0.330 e. The summed E-state index contributed by atoms with van der Waals surface area (Å²) < 4.78 is 37.9. The van der Waals surface area contributed by atoms with E-state index in [0.29, 0.717) is 12.5 Å². The van der Waals surface area contributed by atoms with E-state index < -0.39 is 11.7 Å². The molecule has 0 spiro atoms. The molecule has 17 heavy (non-hydrogen) atoms. The zero-order valence-electron chi connectivity index (χ0n) is 9.72. The third-order valence-electron chi connectivity index (χ3n) is 3.91. The third-order valence-corrected chi connectivity index (χ3v) is 3.91. The van der Waals surface area contributed by atoms with E-state index in [9.17, 15) is 13.2 Å². The molecule has 94 valence electrons. The summed E-state index contributed by atoms with van der Waals surface area (Å²) in [5.41, 5.74) is 5.73. The summed E-state index contributed by atoms with van der Waals surface area (Å²) in [6, 6.07) is 5.67. The number of alkyl halides is 3. The van der Waals surface area contributed by atoms with Gasteiger partial charge in [0.05, 0.1) is 5.56 Å². The predicted octanol–water partition coefficient (Wildman–Crippen LogP) is 3.33. The van der Waals surface area contributed by atoms with Crippen LogP contribution < -0.4 is 5.73 Å². The highest BCUT2D eigenvalue weighted by atomic mass is 19.4. The minimum absolute atomic E-state index is 0.115. The first-order chi connectivity index (χ1) is 7.94. The fraction of sp³-hybridized carbons (Fsp3) is 0.538. The number of rotatable bonds is 3. The van der Waals surface area contributed by atoms with Crippen LogP contribution in [0.2, 0.25) is 0 Å². The van der Waals surface area contributed by atoms with Crippen LogP contribution in [0.15, 0.2) is 24.3 Å².